The Hall–Kier alpha value is -2.57. The fraction of sp³-hybridized carbons (Fsp3) is 0.500. The third-order valence-electron chi connectivity index (χ3n) is 4.96. The second-order valence-corrected chi connectivity index (χ2v) is 6.58. The Balaban J connectivity index is 1.68. The number of hydrogen-bond donors (Lipinski definition) is 0. The molecule has 3 aliphatic heterocycles. The van der Waals surface area contributed by atoms with E-state index in [1.165, 1.54) is 5.01 Å². The van der Waals surface area contributed by atoms with E-state index in [1.54, 1.807) is 5.01 Å². The minimum atomic E-state index is -0.155. The molecule has 1 aromatic carbocycles. The van der Waals surface area contributed by atoms with Gasteiger partial charge in [0, 0.05) is 38.8 Å². The lowest BCUT2D eigenvalue weighted by Crippen LogP contribution is -2.54. The molecule has 1 aromatic rings. The minimum Gasteiger partial charge on any atom is -0.487 e. The Morgan fingerprint density at radius 3 is 2.24 bits per heavy atom. The van der Waals surface area contributed by atoms with E-state index in [2.05, 4.69) is 4.90 Å². The predicted molar refractivity (Wildman–Crippen MR) is 91.4 cm³/mol. The van der Waals surface area contributed by atoms with Crippen molar-refractivity contribution in [2.24, 2.45) is 0 Å². The van der Waals surface area contributed by atoms with Crippen LogP contribution in [0.15, 0.2) is 18.2 Å². The van der Waals surface area contributed by atoms with Gasteiger partial charge in [-0.05, 0) is 18.6 Å². The molecule has 0 N–H and O–H groups in total. The molecular weight excluding hydrogens is 322 g/mol. The smallest absolute Gasteiger partial charge is 0.248 e. The molecule has 2 amide bonds. The first-order valence-corrected chi connectivity index (χ1v) is 8.81. The molecule has 0 aliphatic carbocycles. The molecule has 25 heavy (non-hydrogen) atoms. The number of carbonyl (C=O) groups excluding carboxylic acids is 3. The van der Waals surface area contributed by atoms with Crippen molar-refractivity contribution in [1.82, 2.24) is 5.01 Å². The number of hydrazine groups is 1. The fourth-order valence-electron chi connectivity index (χ4n) is 3.68. The van der Waals surface area contributed by atoms with Gasteiger partial charge < -0.3 is 9.64 Å². The van der Waals surface area contributed by atoms with Crippen LogP contribution in [0.5, 0.6) is 5.75 Å². The molecule has 0 atom stereocenters. The zero-order chi connectivity index (χ0) is 17.4. The lowest BCUT2D eigenvalue weighted by atomic mass is 10.1. The van der Waals surface area contributed by atoms with Gasteiger partial charge in [-0.3, -0.25) is 19.4 Å². The summed E-state index contributed by atoms with van der Waals surface area (Å²) in [7, 11) is 0. The third kappa shape index (κ3) is 2.83. The number of nitrogens with zero attached hydrogens (tertiary/aromatic N) is 3. The number of hydrogen-bond acceptors (Lipinski definition) is 6. The van der Waals surface area contributed by atoms with Crippen LogP contribution in [0, 0.1) is 0 Å². The highest BCUT2D eigenvalue weighted by Crippen LogP contribution is 2.42. The van der Waals surface area contributed by atoms with Gasteiger partial charge in [0.2, 0.25) is 11.8 Å². The second kappa shape index (κ2) is 6.38. The van der Waals surface area contributed by atoms with Crippen molar-refractivity contribution in [1.29, 1.82) is 0 Å². The molecule has 132 valence electrons. The molecule has 3 aliphatic rings. The summed E-state index contributed by atoms with van der Waals surface area (Å²) in [5, 5.41) is 3.04. The van der Waals surface area contributed by atoms with Crippen LogP contribution in [0.25, 0.3) is 0 Å². The molecule has 0 spiro atoms. The normalized spacial score (nSPS) is 21.3. The van der Waals surface area contributed by atoms with Crippen molar-refractivity contribution >= 4 is 29.0 Å². The fourth-order valence-corrected chi connectivity index (χ4v) is 3.68. The molecule has 7 heteroatoms. The van der Waals surface area contributed by atoms with E-state index in [4.69, 9.17) is 4.74 Å². The van der Waals surface area contributed by atoms with Crippen LogP contribution in [-0.4, -0.2) is 48.8 Å². The lowest BCUT2D eigenvalue weighted by molar-refractivity contribution is -0.149. The second-order valence-electron chi connectivity index (χ2n) is 6.58. The Kier molecular flexibility index (Phi) is 4.07. The summed E-state index contributed by atoms with van der Waals surface area (Å²) < 4.78 is 5.91. The summed E-state index contributed by atoms with van der Waals surface area (Å²) in [4.78, 5) is 38.3. The van der Waals surface area contributed by atoms with Gasteiger partial charge in [0.25, 0.3) is 0 Å². The molecule has 0 radical (unpaired) electrons. The molecule has 2 fully saturated rings. The van der Waals surface area contributed by atoms with E-state index in [-0.39, 0.29) is 17.6 Å². The van der Waals surface area contributed by atoms with Crippen LogP contribution < -0.4 is 14.6 Å². The quantitative estimate of drug-likeness (QED) is 0.758. The summed E-state index contributed by atoms with van der Waals surface area (Å²) in [6.45, 7) is 2.21. The van der Waals surface area contributed by atoms with E-state index in [9.17, 15) is 14.4 Å². The Labute approximate surface area is 146 Å². The largest absolute Gasteiger partial charge is 0.487 e. The van der Waals surface area contributed by atoms with Gasteiger partial charge in [-0.1, -0.05) is 6.07 Å². The number of benzene rings is 1. The number of amides is 2. The molecule has 0 aromatic heterocycles. The molecule has 4 rings (SSSR count). The van der Waals surface area contributed by atoms with Crippen LogP contribution in [0.1, 0.15) is 32.1 Å². The maximum Gasteiger partial charge on any atom is 0.248 e. The number of Topliss-reactive ketones (excluding diaryl/α,β-unsaturated/α-hetero) is 1. The zero-order valence-corrected chi connectivity index (χ0v) is 14.1. The number of anilines is 2. The van der Waals surface area contributed by atoms with Gasteiger partial charge in [0.15, 0.2) is 5.75 Å². The summed E-state index contributed by atoms with van der Waals surface area (Å²) >= 11 is 0. The number of rotatable bonds is 2. The van der Waals surface area contributed by atoms with Crippen LogP contribution >= 0.6 is 0 Å². The highest BCUT2D eigenvalue weighted by molar-refractivity contribution is 5.99. The maximum atomic E-state index is 12.3. The van der Waals surface area contributed by atoms with Gasteiger partial charge >= 0.3 is 0 Å². The van der Waals surface area contributed by atoms with E-state index in [0.29, 0.717) is 64.1 Å². The standard InChI is InChI=1S/C18H21N3O4/c22-13-7-9-19(10-8-13)14-3-1-4-15-18(14)25-12-11-20(15)21-16(23)5-2-6-17(21)24/h1,3-4H,2,5-12H2. The monoisotopic (exact) mass is 343 g/mol. The Morgan fingerprint density at radius 1 is 0.840 bits per heavy atom. The first-order valence-electron chi connectivity index (χ1n) is 8.81. The highest BCUT2D eigenvalue weighted by atomic mass is 16.5. The van der Waals surface area contributed by atoms with Gasteiger partial charge in [0.1, 0.15) is 18.1 Å². The van der Waals surface area contributed by atoms with E-state index >= 15 is 0 Å². The maximum absolute atomic E-state index is 12.3. The first kappa shape index (κ1) is 15.9. The van der Waals surface area contributed by atoms with Gasteiger partial charge in [-0.2, -0.15) is 5.01 Å². The topological polar surface area (TPSA) is 70.2 Å². The van der Waals surface area contributed by atoms with Crippen LogP contribution in [0.4, 0.5) is 11.4 Å². The van der Waals surface area contributed by atoms with Crippen molar-refractivity contribution < 1.29 is 19.1 Å². The molecule has 3 heterocycles. The first-order chi connectivity index (χ1) is 12.1. The molecule has 0 bridgehead atoms. The van der Waals surface area contributed by atoms with Crippen LogP contribution in [0.3, 0.4) is 0 Å². The molecule has 0 saturated carbocycles. The minimum absolute atomic E-state index is 0.155. The summed E-state index contributed by atoms with van der Waals surface area (Å²) in [5.74, 6) is 0.665. The highest BCUT2D eigenvalue weighted by Gasteiger charge is 2.35. The van der Waals surface area contributed by atoms with Crippen LogP contribution in [-0.2, 0) is 14.4 Å². The van der Waals surface area contributed by atoms with Crippen molar-refractivity contribution in [2.45, 2.75) is 32.1 Å². The third-order valence-corrected chi connectivity index (χ3v) is 4.96. The number of ether oxygens (including phenoxy) is 1. The van der Waals surface area contributed by atoms with Crippen LogP contribution in [0.2, 0.25) is 0 Å². The number of fused-ring (bicyclic) bond motifs is 1. The van der Waals surface area contributed by atoms with Crippen molar-refractivity contribution in [2.75, 3.05) is 36.1 Å². The number of ketones is 1. The number of para-hydroxylation sites is 1. The van der Waals surface area contributed by atoms with Gasteiger partial charge in [-0.15, -0.1) is 0 Å². The Bertz CT molecular complexity index is 707. The molecule has 0 unspecified atom stereocenters. The summed E-state index contributed by atoms with van der Waals surface area (Å²) in [5.41, 5.74) is 1.66. The molecular formula is C18H21N3O4. The Morgan fingerprint density at radius 2 is 1.52 bits per heavy atom. The number of piperidine rings is 2. The SMILES string of the molecule is O=C1CCN(c2cccc3c2OCCN3N2C(=O)CCCC2=O)CC1. The molecule has 2 saturated heterocycles. The number of carbonyl (C=O) groups is 3. The van der Waals surface area contributed by atoms with Crippen molar-refractivity contribution in [3.05, 3.63) is 18.2 Å². The zero-order valence-electron chi connectivity index (χ0n) is 14.1. The summed E-state index contributed by atoms with van der Waals surface area (Å²) in [6.07, 6.45) is 2.49. The average molecular weight is 343 g/mol. The van der Waals surface area contributed by atoms with E-state index in [1.807, 2.05) is 18.2 Å². The van der Waals surface area contributed by atoms with Crippen molar-refractivity contribution in [3.63, 3.8) is 0 Å². The average Bonchev–Trinajstić information content (AvgIpc) is 2.62. The van der Waals surface area contributed by atoms with E-state index < -0.39 is 0 Å². The van der Waals surface area contributed by atoms with Crippen molar-refractivity contribution in [3.8, 4) is 5.75 Å². The van der Waals surface area contributed by atoms with E-state index in [0.717, 1.165) is 11.4 Å². The lowest BCUT2D eigenvalue weighted by Gasteiger charge is -2.41. The molecule has 7 nitrogen and oxygen atoms in total. The van der Waals surface area contributed by atoms with Gasteiger partial charge in [0.05, 0.1) is 12.2 Å². The number of imide groups is 1. The predicted octanol–water partition coefficient (Wildman–Crippen LogP) is 1.51. The summed E-state index contributed by atoms with van der Waals surface area (Å²) in [6, 6.07) is 5.76. The van der Waals surface area contributed by atoms with Gasteiger partial charge in [-0.25, -0.2) is 0 Å².